The molecule has 2 fully saturated rings. The SMILES string of the molecule is CCOC(=O)C1CCN(C(=O)C(C)N2CCN(c3ccc(OC)cc3)CC2)CC1. The first-order chi connectivity index (χ1) is 14.0. The van der Waals surface area contributed by atoms with Gasteiger partial charge in [0.15, 0.2) is 0 Å². The van der Waals surface area contributed by atoms with Crippen molar-refractivity contribution in [1.29, 1.82) is 0 Å². The molecular weight excluding hydrogens is 370 g/mol. The second kappa shape index (κ2) is 9.96. The van der Waals surface area contributed by atoms with Crippen LogP contribution in [0.2, 0.25) is 0 Å². The summed E-state index contributed by atoms with van der Waals surface area (Å²) in [6, 6.07) is 7.99. The maximum absolute atomic E-state index is 13.0. The van der Waals surface area contributed by atoms with Crippen molar-refractivity contribution in [1.82, 2.24) is 9.80 Å². The number of benzene rings is 1. The molecule has 7 nitrogen and oxygen atoms in total. The molecule has 1 unspecified atom stereocenters. The number of nitrogens with zero attached hydrogens (tertiary/aromatic N) is 3. The molecule has 0 aliphatic carbocycles. The molecule has 1 atom stereocenters. The molecule has 7 heteroatoms. The van der Waals surface area contributed by atoms with Gasteiger partial charge in [0.25, 0.3) is 0 Å². The fourth-order valence-electron chi connectivity index (χ4n) is 4.18. The van der Waals surface area contributed by atoms with E-state index in [-0.39, 0.29) is 23.8 Å². The van der Waals surface area contributed by atoms with Crippen LogP contribution in [0.15, 0.2) is 24.3 Å². The Hall–Kier alpha value is -2.28. The molecule has 0 N–H and O–H groups in total. The van der Waals surface area contributed by atoms with Crippen LogP contribution in [0, 0.1) is 5.92 Å². The number of hydrogen-bond donors (Lipinski definition) is 0. The Morgan fingerprint density at radius 2 is 1.66 bits per heavy atom. The molecule has 3 rings (SSSR count). The van der Waals surface area contributed by atoms with E-state index in [0.717, 1.165) is 31.9 Å². The van der Waals surface area contributed by atoms with Gasteiger partial charge >= 0.3 is 5.97 Å². The van der Waals surface area contributed by atoms with Crippen LogP contribution >= 0.6 is 0 Å². The third-order valence-corrected chi connectivity index (χ3v) is 6.08. The van der Waals surface area contributed by atoms with E-state index in [0.29, 0.717) is 32.5 Å². The number of carbonyl (C=O) groups excluding carboxylic acids is 2. The van der Waals surface area contributed by atoms with Crippen molar-refractivity contribution < 1.29 is 19.1 Å². The predicted molar refractivity (Wildman–Crippen MR) is 112 cm³/mol. The Labute approximate surface area is 173 Å². The van der Waals surface area contributed by atoms with Crippen LogP contribution in [0.25, 0.3) is 0 Å². The van der Waals surface area contributed by atoms with E-state index in [1.165, 1.54) is 5.69 Å². The number of piperazine rings is 1. The first-order valence-corrected chi connectivity index (χ1v) is 10.6. The number of rotatable bonds is 6. The van der Waals surface area contributed by atoms with Gasteiger partial charge in [-0.15, -0.1) is 0 Å². The lowest BCUT2D eigenvalue weighted by atomic mass is 9.96. The summed E-state index contributed by atoms with van der Waals surface area (Å²) in [5.74, 6) is 0.841. The summed E-state index contributed by atoms with van der Waals surface area (Å²) in [5, 5.41) is 0. The van der Waals surface area contributed by atoms with Crippen molar-refractivity contribution >= 4 is 17.6 Å². The number of piperidine rings is 1. The van der Waals surface area contributed by atoms with Gasteiger partial charge in [-0.2, -0.15) is 0 Å². The highest BCUT2D eigenvalue weighted by atomic mass is 16.5. The number of carbonyl (C=O) groups is 2. The average molecular weight is 404 g/mol. The normalized spacial score (nSPS) is 19.7. The van der Waals surface area contributed by atoms with Gasteiger partial charge in [-0.3, -0.25) is 14.5 Å². The third-order valence-electron chi connectivity index (χ3n) is 6.08. The number of methoxy groups -OCH3 is 1. The van der Waals surface area contributed by atoms with Gasteiger partial charge in [0.1, 0.15) is 5.75 Å². The lowest BCUT2D eigenvalue weighted by molar-refractivity contribution is -0.152. The van der Waals surface area contributed by atoms with Gasteiger partial charge in [-0.1, -0.05) is 0 Å². The molecule has 0 spiro atoms. The summed E-state index contributed by atoms with van der Waals surface area (Å²) in [5.41, 5.74) is 1.19. The highest BCUT2D eigenvalue weighted by Gasteiger charge is 2.33. The zero-order chi connectivity index (χ0) is 20.8. The predicted octanol–water partition coefficient (Wildman–Crippen LogP) is 2.01. The fraction of sp³-hybridized carbons (Fsp3) is 0.636. The Morgan fingerprint density at radius 3 is 2.21 bits per heavy atom. The molecule has 0 saturated carbocycles. The fourth-order valence-corrected chi connectivity index (χ4v) is 4.18. The Balaban J connectivity index is 1.47. The monoisotopic (exact) mass is 403 g/mol. The van der Waals surface area contributed by atoms with Crippen LogP contribution in [0.4, 0.5) is 5.69 Å². The summed E-state index contributed by atoms with van der Waals surface area (Å²) < 4.78 is 10.3. The third kappa shape index (κ3) is 5.21. The quantitative estimate of drug-likeness (QED) is 0.677. The van der Waals surface area contributed by atoms with Gasteiger partial charge in [0.05, 0.1) is 25.7 Å². The zero-order valence-electron chi connectivity index (χ0n) is 17.8. The zero-order valence-corrected chi connectivity index (χ0v) is 17.8. The Morgan fingerprint density at radius 1 is 1.03 bits per heavy atom. The number of hydrogen-bond acceptors (Lipinski definition) is 6. The maximum Gasteiger partial charge on any atom is 0.309 e. The Bertz CT molecular complexity index is 678. The second-order valence-electron chi connectivity index (χ2n) is 7.75. The molecule has 29 heavy (non-hydrogen) atoms. The van der Waals surface area contributed by atoms with E-state index in [9.17, 15) is 9.59 Å². The van der Waals surface area contributed by atoms with Crippen LogP contribution in [-0.4, -0.2) is 80.7 Å². The van der Waals surface area contributed by atoms with E-state index in [2.05, 4.69) is 21.9 Å². The summed E-state index contributed by atoms with van der Waals surface area (Å²) in [7, 11) is 1.67. The standard InChI is InChI=1S/C22H33N3O4/c1-4-29-22(27)18-9-11-25(12-10-18)21(26)17(2)23-13-15-24(16-14-23)19-5-7-20(28-3)8-6-19/h5-8,17-18H,4,9-16H2,1-3H3. The minimum atomic E-state index is -0.132. The van der Waals surface area contributed by atoms with Gasteiger partial charge in [0, 0.05) is 45.0 Å². The maximum atomic E-state index is 13.0. The van der Waals surface area contributed by atoms with Crippen molar-refractivity contribution in [2.45, 2.75) is 32.7 Å². The number of likely N-dealkylation sites (tertiary alicyclic amines) is 1. The van der Waals surface area contributed by atoms with Crippen molar-refractivity contribution in [3.63, 3.8) is 0 Å². The van der Waals surface area contributed by atoms with E-state index in [4.69, 9.17) is 9.47 Å². The summed E-state index contributed by atoms with van der Waals surface area (Å²) >= 11 is 0. The van der Waals surface area contributed by atoms with E-state index in [1.807, 2.05) is 30.9 Å². The van der Waals surface area contributed by atoms with Crippen molar-refractivity contribution in [2.24, 2.45) is 5.92 Å². The number of ether oxygens (including phenoxy) is 2. The highest BCUT2D eigenvalue weighted by molar-refractivity contribution is 5.82. The number of esters is 1. The summed E-state index contributed by atoms with van der Waals surface area (Å²) in [4.78, 5) is 31.4. The van der Waals surface area contributed by atoms with Crippen molar-refractivity contribution in [3.05, 3.63) is 24.3 Å². The van der Waals surface area contributed by atoms with Crippen molar-refractivity contribution in [3.8, 4) is 5.75 Å². The summed E-state index contributed by atoms with van der Waals surface area (Å²) in [6.07, 6.45) is 1.39. The first-order valence-electron chi connectivity index (χ1n) is 10.6. The molecule has 2 heterocycles. The van der Waals surface area contributed by atoms with Crippen LogP contribution in [0.3, 0.4) is 0 Å². The molecule has 0 bridgehead atoms. The second-order valence-corrected chi connectivity index (χ2v) is 7.75. The topological polar surface area (TPSA) is 62.3 Å². The molecule has 2 saturated heterocycles. The molecule has 1 aromatic rings. The van der Waals surface area contributed by atoms with Crippen LogP contribution in [-0.2, 0) is 14.3 Å². The van der Waals surface area contributed by atoms with Gasteiger partial charge in [-0.25, -0.2) is 0 Å². The first kappa shape index (κ1) is 21.4. The minimum Gasteiger partial charge on any atom is -0.497 e. The molecular formula is C22H33N3O4. The molecule has 2 aliphatic heterocycles. The molecule has 160 valence electrons. The molecule has 2 aliphatic rings. The van der Waals surface area contributed by atoms with E-state index >= 15 is 0 Å². The van der Waals surface area contributed by atoms with Crippen LogP contribution in [0.1, 0.15) is 26.7 Å². The largest absolute Gasteiger partial charge is 0.497 e. The van der Waals surface area contributed by atoms with E-state index in [1.54, 1.807) is 7.11 Å². The molecule has 0 radical (unpaired) electrons. The van der Waals surface area contributed by atoms with E-state index < -0.39 is 0 Å². The van der Waals surface area contributed by atoms with Crippen LogP contribution < -0.4 is 9.64 Å². The lowest BCUT2D eigenvalue weighted by Crippen LogP contribution is -2.55. The highest BCUT2D eigenvalue weighted by Crippen LogP contribution is 2.23. The van der Waals surface area contributed by atoms with Gasteiger partial charge < -0.3 is 19.3 Å². The molecule has 1 aromatic carbocycles. The molecule has 1 amide bonds. The summed E-state index contributed by atoms with van der Waals surface area (Å²) in [6.45, 7) is 9.03. The Kier molecular flexibility index (Phi) is 7.36. The van der Waals surface area contributed by atoms with Gasteiger partial charge in [0.2, 0.25) is 5.91 Å². The minimum absolute atomic E-state index is 0.0673. The number of amides is 1. The smallest absolute Gasteiger partial charge is 0.309 e. The number of anilines is 1. The van der Waals surface area contributed by atoms with Crippen molar-refractivity contribution in [2.75, 3.05) is 57.9 Å². The van der Waals surface area contributed by atoms with Crippen LogP contribution in [0.5, 0.6) is 5.75 Å². The average Bonchev–Trinajstić information content (AvgIpc) is 2.78. The van der Waals surface area contributed by atoms with Gasteiger partial charge in [-0.05, 0) is 51.0 Å². The lowest BCUT2D eigenvalue weighted by Gasteiger charge is -2.41. The molecule has 0 aromatic heterocycles.